The van der Waals surface area contributed by atoms with Crippen molar-refractivity contribution >= 4 is 34.7 Å². The highest BCUT2D eigenvalue weighted by atomic mass is 35.5. The molecule has 2 amide bonds. The number of hydrogen-bond acceptors (Lipinski definition) is 3. The predicted octanol–water partition coefficient (Wildman–Crippen LogP) is 4.55. The summed E-state index contributed by atoms with van der Waals surface area (Å²) in [6, 6.07) is 14.2. The lowest BCUT2D eigenvalue weighted by molar-refractivity contribution is -0.119. The smallest absolute Gasteiger partial charge is 0.277 e. The number of rotatable bonds is 5. The third-order valence-corrected chi connectivity index (χ3v) is 4.40. The van der Waals surface area contributed by atoms with Gasteiger partial charge in [0.15, 0.2) is 0 Å². The first-order valence-electron chi connectivity index (χ1n) is 8.47. The summed E-state index contributed by atoms with van der Waals surface area (Å²) in [5.41, 5.74) is 2.41. The molecule has 0 spiro atoms. The van der Waals surface area contributed by atoms with Crippen LogP contribution in [0.2, 0.25) is 0 Å². The van der Waals surface area contributed by atoms with Crippen LogP contribution in [0.5, 0.6) is 5.75 Å². The summed E-state index contributed by atoms with van der Waals surface area (Å²) in [5.74, 6) is 0.179. The minimum atomic E-state index is -0.511. The summed E-state index contributed by atoms with van der Waals surface area (Å²) in [5, 5.41) is -0.0565. The summed E-state index contributed by atoms with van der Waals surface area (Å²) in [4.78, 5) is 26.5. The standard InChI is InChI=1S/C21H20ClNO3/c1-13(2)12-26-17-10-8-16(9-11-17)23-20(24)18(19(22)21(23)25)15-6-4-14(3)5-7-15/h4-11,13H,12H2,1-3H3. The Hall–Kier alpha value is -2.59. The van der Waals surface area contributed by atoms with Crippen molar-refractivity contribution in [2.45, 2.75) is 20.8 Å². The van der Waals surface area contributed by atoms with Gasteiger partial charge in [-0.2, -0.15) is 0 Å². The zero-order valence-electron chi connectivity index (χ0n) is 15.0. The van der Waals surface area contributed by atoms with Crippen LogP contribution < -0.4 is 9.64 Å². The normalized spacial score (nSPS) is 14.6. The first kappa shape index (κ1) is 18.2. The Morgan fingerprint density at radius 3 is 2.15 bits per heavy atom. The molecule has 0 radical (unpaired) electrons. The quantitative estimate of drug-likeness (QED) is 0.726. The van der Waals surface area contributed by atoms with Crippen LogP contribution in [0.4, 0.5) is 5.69 Å². The number of anilines is 1. The Morgan fingerprint density at radius 2 is 1.58 bits per heavy atom. The molecule has 5 heteroatoms. The van der Waals surface area contributed by atoms with Crippen LogP contribution in [-0.2, 0) is 9.59 Å². The van der Waals surface area contributed by atoms with E-state index in [2.05, 4.69) is 13.8 Å². The van der Waals surface area contributed by atoms with Crippen molar-refractivity contribution in [1.29, 1.82) is 0 Å². The van der Waals surface area contributed by atoms with Crippen LogP contribution in [0.1, 0.15) is 25.0 Å². The minimum absolute atomic E-state index is 0.0565. The summed E-state index contributed by atoms with van der Waals surface area (Å²) in [7, 11) is 0. The summed E-state index contributed by atoms with van der Waals surface area (Å²) < 4.78 is 5.64. The molecule has 0 aliphatic carbocycles. The van der Waals surface area contributed by atoms with Crippen molar-refractivity contribution in [2.75, 3.05) is 11.5 Å². The number of nitrogens with zero attached hydrogens (tertiary/aromatic N) is 1. The van der Waals surface area contributed by atoms with Gasteiger partial charge >= 0.3 is 0 Å². The Balaban J connectivity index is 1.85. The van der Waals surface area contributed by atoms with Crippen LogP contribution in [0.25, 0.3) is 5.57 Å². The predicted molar refractivity (Wildman–Crippen MR) is 103 cm³/mol. The third kappa shape index (κ3) is 3.51. The maximum atomic E-state index is 12.8. The van der Waals surface area contributed by atoms with Gasteiger partial charge in [-0.1, -0.05) is 55.3 Å². The molecule has 0 atom stereocenters. The van der Waals surface area contributed by atoms with Gasteiger partial charge in [-0.25, -0.2) is 4.90 Å². The molecule has 0 fully saturated rings. The largest absolute Gasteiger partial charge is 0.493 e. The molecular weight excluding hydrogens is 350 g/mol. The van der Waals surface area contributed by atoms with Crippen LogP contribution in [0.15, 0.2) is 53.6 Å². The van der Waals surface area contributed by atoms with Crippen molar-refractivity contribution in [3.8, 4) is 5.75 Å². The number of aryl methyl sites for hydroxylation is 1. The van der Waals surface area contributed by atoms with Crippen LogP contribution >= 0.6 is 11.6 Å². The number of carbonyl (C=O) groups excluding carboxylic acids is 2. The van der Waals surface area contributed by atoms with Gasteiger partial charge in [-0.05, 0) is 42.7 Å². The fourth-order valence-corrected chi connectivity index (χ4v) is 2.94. The van der Waals surface area contributed by atoms with E-state index >= 15 is 0 Å². The molecular formula is C21H20ClNO3. The van der Waals surface area contributed by atoms with Gasteiger partial charge in [-0.15, -0.1) is 0 Å². The number of imide groups is 1. The molecule has 2 aromatic rings. The lowest BCUT2D eigenvalue weighted by Gasteiger charge is -2.16. The number of halogens is 1. The maximum absolute atomic E-state index is 12.8. The maximum Gasteiger partial charge on any atom is 0.277 e. The van der Waals surface area contributed by atoms with E-state index in [-0.39, 0.29) is 10.6 Å². The fraction of sp³-hybridized carbons (Fsp3) is 0.238. The zero-order valence-corrected chi connectivity index (χ0v) is 15.7. The zero-order chi connectivity index (χ0) is 18.8. The monoisotopic (exact) mass is 369 g/mol. The average molecular weight is 370 g/mol. The van der Waals surface area contributed by atoms with Crippen LogP contribution in [0, 0.1) is 12.8 Å². The summed E-state index contributed by atoms with van der Waals surface area (Å²) in [6.07, 6.45) is 0. The highest BCUT2D eigenvalue weighted by Gasteiger charge is 2.39. The Labute approximate surface area is 158 Å². The fourth-order valence-electron chi connectivity index (χ4n) is 2.66. The number of carbonyl (C=O) groups is 2. The van der Waals surface area contributed by atoms with E-state index in [0.717, 1.165) is 10.5 Å². The van der Waals surface area contributed by atoms with Crippen molar-refractivity contribution in [1.82, 2.24) is 0 Å². The number of ether oxygens (including phenoxy) is 1. The second kappa shape index (κ2) is 7.34. The molecule has 0 saturated carbocycles. The van der Waals surface area contributed by atoms with Gasteiger partial charge in [-0.3, -0.25) is 9.59 Å². The molecule has 0 unspecified atom stereocenters. The summed E-state index contributed by atoms with van der Waals surface area (Å²) >= 11 is 6.20. The molecule has 3 rings (SSSR count). The number of benzene rings is 2. The molecule has 0 aromatic heterocycles. The number of hydrogen-bond donors (Lipinski definition) is 0. The molecule has 2 aromatic carbocycles. The minimum Gasteiger partial charge on any atom is -0.493 e. The van der Waals surface area contributed by atoms with E-state index in [1.54, 1.807) is 36.4 Å². The highest BCUT2D eigenvalue weighted by Crippen LogP contribution is 2.35. The Morgan fingerprint density at radius 1 is 0.962 bits per heavy atom. The second-order valence-corrected chi connectivity index (χ2v) is 7.08. The van der Waals surface area contributed by atoms with E-state index in [1.165, 1.54) is 0 Å². The molecule has 0 saturated heterocycles. The first-order valence-corrected chi connectivity index (χ1v) is 8.84. The topological polar surface area (TPSA) is 46.6 Å². The molecule has 4 nitrogen and oxygen atoms in total. The van der Waals surface area contributed by atoms with E-state index in [9.17, 15) is 9.59 Å². The third-order valence-electron chi connectivity index (χ3n) is 4.05. The lowest BCUT2D eigenvalue weighted by atomic mass is 10.0. The van der Waals surface area contributed by atoms with Gasteiger partial charge in [0.2, 0.25) is 0 Å². The van der Waals surface area contributed by atoms with Gasteiger partial charge in [0.25, 0.3) is 11.8 Å². The molecule has 1 heterocycles. The van der Waals surface area contributed by atoms with Crippen LogP contribution in [-0.4, -0.2) is 18.4 Å². The number of amides is 2. The van der Waals surface area contributed by atoms with Gasteiger partial charge in [0.1, 0.15) is 10.8 Å². The van der Waals surface area contributed by atoms with Gasteiger partial charge in [0.05, 0.1) is 17.9 Å². The molecule has 1 aliphatic rings. The lowest BCUT2D eigenvalue weighted by Crippen LogP contribution is -2.31. The molecule has 134 valence electrons. The molecule has 0 bridgehead atoms. The Kier molecular flexibility index (Phi) is 5.14. The summed E-state index contributed by atoms with van der Waals surface area (Å²) in [6.45, 7) is 6.69. The highest BCUT2D eigenvalue weighted by molar-refractivity contribution is 6.60. The van der Waals surface area contributed by atoms with Crippen LogP contribution in [0.3, 0.4) is 0 Å². The van der Waals surface area contributed by atoms with Crippen molar-refractivity contribution in [2.24, 2.45) is 5.92 Å². The Bertz CT molecular complexity index is 867. The van der Waals surface area contributed by atoms with Gasteiger partial charge in [0, 0.05) is 0 Å². The van der Waals surface area contributed by atoms with Crippen molar-refractivity contribution < 1.29 is 14.3 Å². The van der Waals surface area contributed by atoms with E-state index in [4.69, 9.17) is 16.3 Å². The first-order chi connectivity index (χ1) is 12.4. The molecule has 26 heavy (non-hydrogen) atoms. The van der Waals surface area contributed by atoms with Crippen molar-refractivity contribution in [3.63, 3.8) is 0 Å². The van der Waals surface area contributed by atoms with Crippen molar-refractivity contribution in [3.05, 3.63) is 64.7 Å². The van der Waals surface area contributed by atoms with E-state index < -0.39 is 11.8 Å². The molecule has 0 N–H and O–H groups in total. The molecule has 1 aliphatic heterocycles. The second-order valence-electron chi connectivity index (χ2n) is 6.70. The van der Waals surface area contributed by atoms with E-state index in [1.807, 2.05) is 19.1 Å². The van der Waals surface area contributed by atoms with E-state index in [0.29, 0.717) is 29.5 Å². The average Bonchev–Trinajstić information content (AvgIpc) is 2.84. The van der Waals surface area contributed by atoms with Gasteiger partial charge < -0.3 is 4.74 Å². The SMILES string of the molecule is Cc1ccc(C2=C(Cl)C(=O)N(c3ccc(OCC(C)C)cc3)C2=O)cc1.